The van der Waals surface area contributed by atoms with Crippen LogP contribution < -0.4 is 10.5 Å². The normalized spacial score (nSPS) is 12.3. The molecule has 0 aromatic heterocycles. The van der Waals surface area contributed by atoms with Crippen molar-refractivity contribution in [2.75, 3.05) is 7.11 Å². The number of carbonyl (C=O) groups excluding carboxylic acids is 1. The van der Waals surface area contributed by atoms with Gasteiger partial charge in [0.25, 0.3) is 0 Å². The maximum absolute atomic E-state index is 13.3. The third kappa shape index (κ3) is 1.96. The minimum Gasteiger partial charge on any atom is -0.504 e. The molecule has 0 saturated carbocycles. The molecule has 0 spiro atoms. The molecular formula is C10H11F2NO3. The molecule has 6 heteroatoms. The van der Waals surface area contributed by atoms with E-state index in [9.17, 15) is 18.7 Å². The van der Waals surface area contributed by atoms with Gasteiger partial charge >= 0.3 is 0 Å². The molecule has 1 rings (SSSR count). The van der Waals surface area contributed by atoms with Crippen LogP contribution in [0, 0.1) is 11.6 Å². The molecule has 0 aliphatic carbocycles. The summed E-state index contributed by atoms with van der Waals surface area (Å²) in [5, 5.41) is 9.49. The molecule has 0 aliphatic rings. The van der Waals surface area contributed by atoms with Gasteiger partial charge in [0.05, 0.1) is 13.2 Å². The van der Waals surface area contributed by atoms with Crippen molar-refractivity contribution in [1.29, 1.82) is 0 Å². The number of rotatable bonds is 3. The Morgan fingerprint density at radius 1 is 1.50 bits per heavy atom. The molecule has 88 valence electrons. The van der Waals surface area contributed by atoms with Gasteiger partial charge in [-0.2, -0.15) is 0 Å². The Morgan fingerprint density at radius 2 is 2.06 bits per heavy atom. The number of phenols is 1. The monoisotopic (exact) mass is 231 g/mol. The number of Topliss-reactive ketones (excluding diaryl/α,β-unsaturated/α-hetero) is 1. The van der Waals surface area contributed by atoms with E-state index in [0.29, 0.717) is 6.07 Å². The highest BCUT2D eigenvalue weighted by Gasteiger charge is 2.25. The van der Waals surface area contributed by atoms with E-state index in [1.54, 1.807) is 0 Å². The zero-order chi connectivity index (χ0) is 12.5. The van der Waals surface area contributed by atoms with E-state index in [1.807, 2.05) is 0 Å². The van der Waals surface area contributed by atoms with Crippen LogP contribution in [-0.4, -0.2) is 24.0 Å². The average Bonchev–Trinajstić information content (AvgIpc) is 2.17. The maximum atomic E-state index is 13.3. The maximum Gasteiger partial charge on any atom is 0.197 e. The SMILES string of the molecule is COc1c(F)cc(F)c(C(=O)C(C)N)c1O. The van der Waals surface area contributed by atoms with Crippen molar-refractivity contribution >= 4 is 5.78 Å². The second kappa shape index (κ2) is 4.44. The first-order valence-electron chi connectivity index (χ1n) is 4.44. The molecule has 1 atom stereocenters. The third-order valence-electron chi connectivity index (χ3n) is 2.03. The molecule has 0 bridgehead atoms. The van der Waals surface area contributed by atoms with Crippen LogP contribution in [0.5, 0.6) is 11.5 Å². The number of methoxy groups -OCH3 is 1. The first kappa shape index (κ1) is 12.4. The van der Waals surface area contributed by atoms with Crippen molar-refractivity contribution in [2.45, 2.75) is 13.0 Å². The first-order chi connectivity index (χ1) is 7.40. The van der Waals surface area contributed by atoms with Crippen molar-refractivity contribution in [1.82, 2.24) is 0 Å². The zero-order valence-electron chi connectivity index (χ0n) is 8.75. The Labute approximate surface area is 90.6 Å². The van der Waals surface area contributed by atoms with Crippen LogP contribution >= 0.6 is 0 Å². The largest absolute Gasteiger partial charge is 0.504 e. The Kier molecular flexibility index (Phi) is 3.44. The Morgan fingerprint density at radius 3 is 2.50 bits per heavy atom. The van der Waals surface area contributed by atoms with Crippen LogP contribution in [0.3, 0.4) is 0 Å². The molecular weight excluding hydrogens is 220 g/mol. The van der Waals surface area contributed by atoms with Gasteiger partial charge in [0.2, 0.25) is 0 Å². The average molecular weight is 231 g/mol. The predicted molar refractivity (Wildman–Crippen MR) is 52.6 cm³/mol. The highest BCUT2D eigenvalue weighted by Crippen LogP contribution is 2.35. The summed E-state index contributed by atoms with van der Waals surface area (Å²) in [6.45, 7) is 1.33. The van der Waals surface area contributed by atoms with Gasteiger partial charge in [-0.25, -0.2) is 8.78 Å². The quantitative estimate of drug-likeness (QED) is 0.767. The number of halogens is 2. The molecule has 1 aromatic rings. The van der Waals surface area contributed by atoms with Crippen molar-refractivity contribution in [3.05, 3.63) is 23.3 Å². The molecule has 16 heavy (non-hydrogen) atoms. The van der Waals surface area contributed by atoms with Gasteiger partial charge in [0.15, 0.2) is 23.1 Å². The van der Waals surface area contributed by atoms with Crippen molar-refractivity contribution in [3.8, 4) is 11.5 Å². The lowest BCUT2D eigenvalue weighted by Gasteiger charge is -2.11. The number of hydrogen-bond donors (Lipinski definition) is 2. The molecule has 1 unspecified atom stereocenters. The van der Waals surface area contributed by atoms with Crippen LogP contribution in [0.1, 0.15) is 17.3 Å². The highest BCUT2D eigenvalue weighted by atomic mass is 19.1. The van der Waals surface area contributed by atoms with E-state index in [4.69, 9.17) is 5.73 Å². The number of hydrogen-bond acceptors (Lipinski definition) is 4. The van der Waals surface area contributed by atoms with Crippen LogP contribution in [-0.2, 0) is 0 Å². The van der Waals surface area contributed by atoms with Crippen LogP contribution in [0.4, 0.5) is 8.78 Å². The molecule has 0 saturated heterocycles. The fourth-order valence-electron chi connectivity index (χ4n) is 1.24. The number of ketones is 1. The smallest absolute Gasteiger partial charge is 0.197 e. The van der Waals surface area contributed by atoms with E-state index in [-0.39, 0.29) is 0 Å². The molecule has 0 heterocycles. The molecule has 3 N–H and O–H groups in total. The topological polar surface area (TPSA) is 72.5 Å². The zero-order valence-corrected chi connectivity index (χ0v) is 8.75. The summed E-state index contributed by atoms with van der Waals surface area (Å²) >= 11 is 0. The molecule has 4 nitrogen and oxygen atoms in total. The number of aromatic hydroxyl groups is 1. The highest BCUT2D eigenvalue weighted by molar-refractivity contribution is 6.02. The minimum atomic E-state index is -1.17. The van der Waals surface area contributed by atoms with Crippen molar-refractivity contribution < 1.29 is 23.4 Å². The van der Waals surface area contributed by atoms with E-state index in [0.717, 1.165) is 7.11 Å². The van der Waals surface area contributed by atoms with Gasteiger partial charge in [0.1, 0.15) is 11.4 Å². The van der Waals surface area contributed by atoms with Crippen LogP contribution in [0.25, 0.3) is 0 Å². The van der Waals surface area contributed by atoms with Crippen LogP contribution in [0.2, 0.25) is 0 Å². The first-order valence-corrected chi connectivity index (χ1v) is 4.44. The summed E-state index contributed by atoms with van der Waals surface area (Å²) in [5.41, 5.74) is 4.61. The van der Waals surface area contributed by atoms with E-state index < -0.39 is 40.5 Å². The van der Waals surface area contributed by atoms with Gasteiger partial charge in [-0.15, -0.1) is 0 Å². The summed E-state index contributed by atoms with van der Waals surface area (Å²) < 4.78 is 30.9. The lowest BCUT2D eigenvalue weighted by molar-refractivity contribution is 0.0960. The Hall–Kier alpha value is -1.69. The Balaban J connectivity index is 3.45. The van der Waals surface area contributed by atoms with Crippen LogP contribution in [0.15, 0.2) is 6.07 Å². The second-order valence-electron chi connectivity index (χ2n) is 3.25. The molecule has 0 radical (unpaired) electrons. The van der Waals surface area contributed by atoms with E-state index >= 15 is 0 Å². The number of nitrogens with two attached hydrogens (primary N) is 1. The van der Waals surface area contributed by atoms with Gasteiger partial charge in [-0.1, -0.05) is 0 Å². The fraction of sp³-hybridized carbons (Fsp3) is 0.300. The van der Waals surface area contributed by atoms with E-state index in [2.05, 4.69) is 4.74 Å². The number of ether oxygens (including phenoxy) is 1. The lowest BCUT2D eigenvalue weighted by atomic mass is 10.0. The van der Waals surface area contributed by atoms with Gasteiger partial charge in [0, 0.05) is 6.07 Å². The summed E-state index contributed by atoms with van der Waals surface area (Å²) in [6.07, 6.45) is 0. The summed E-state index contributed by atoms with van der Waals surface area (Å²) in [4.78, 5) is 11.5. The summed E-state index contributed by atoms with van der Waals surface area (Å²) in [6, 6.07) is -0.538. The third-order valence-corrected chi connectivity index (χ3v) is 2.03. The molecule has 0 aliphatic heterocycles. The predicted octanol–water partition coefficient (Wildman–Crippen LogP) is 1.21. The number of carbonyl (C=O) groups is 1. The molecule has 1 aromatic carbocycles. The van der Waals surface area contributed by atoms with E-state index in [1.165, 1.54) is 6.92 Å². The minimum absolute atomic E-state index is 0.466. The second-order valence-corrected chi connectivity index (χ2v) is 3.25. The number of benzene rings is 1. The number of phenolic OH excluding ortho intramolecular Hbond substituents is 1. The molecule has 0 fully saturated rings. The summed E-state index contributed by atoms with van der Waals surface area (Å²) in [5.74, 6) is -4.53. The fourth-order valence-corrected chi connectivity index (χ4v) is 1.24. The van der Waals surface area contributed by atoms with Gasteiger partial charge in [-0.3, -0.25) is 4.79 Å². The van der Waals surface area contributed by atoms with Crippen molar-refractivity contribution in [2.24, 2.45) is 5.73 Å². The lowest BCUT2D eigenvalue weighted by Crippen LogP contribution is -2.27. The van der Waals surface area contributed by atoms with Crippen molar-refractivity contribution in [3.63, 3.8) is 0 Å². The van der Waals surface area contributed by atoms with Gasteiger partial charge < -0.3 is 15.6 Å². The Bertz CT molecular complexity index is 433. The summed E-state index contributed by atoms with van der Waals surface area (Å²) in [7, 11) is 1.09. The molecule has 0 amide bonds. The van der Waals surface area contributed by atoms with Gasteiger partial charge in [-0.05, 0) is 6.92 Å². The standard InChI is InChI=1S/C10H11F2NO3/c1-4(13)8(14)7-5(11)3-6(12)10(16-2)9(7)15/h3-4,15H,13H2,1-2H3.